The second kappa shape index (κ2) is 3.23. The summed E-state index contributed by atoms with van der Waals surface area (Å²) in [6.45, 7) is 11.3. The van der Waals surface area contributed by atoms with Crippen molar-refractivity contribution in [1.29, 1.82) is 0 Å². The highest BCUT2D eigenvalue weighted by Gasteiger charge is 2.59. The highest BCUT2D eigenvalue weighted by Crippen LogP contribution is 2.44. The topological polar surface area (TPSA) is 46.2 Å². The summed E-state index contributed by atoms with van der Waals surface area (Å²) in [5, 5.41) is 0. The van der Waals surface area contributed by atoms with Gasteiger partial charge in [0.1, 0.15) is 18.0 Å². The summed E-state index contributed by atoms with van der Waals surface area (Å²) in [5.41, 5.74) is 0. The van der Waals surface area contributed by atoms with Crippen molar-refractivity contribution < 1.29 is 23.7 Å². The van der Waals surface area contributed by atoms with Gasteiger partial charge in [0.05, 0.1) is 0 Å². The largest absolute Gasteiger partial charge is 0.464 e. The van der Waals surface area contributed by atoms with E-state index in [1.54, 1.807) is 0 Å². The van der Waals surface area contributed by atoms with E-state index in [1.807, 2.05) is 27.7 Å². The Hall–Kier alpha value is -0.620. The van der Waals surface area contributed by atoms with Gasteiger partial charge < -0.3 is 23.7 Å². The summed E-state index contributed by atoms with van der Waals surface area (Å²) >= 11 is 0. The molecule has 0 aromatic rings. The number of fused-ring (bicyclic) bond motifs is 3. The van der Waals surface area contributed by atoms with Crippen LogP contribution in [0.25, 0.3) is 0 Å². The van der Waals surface area contributed by atoms with Gasteiger partial charge in [-0.05, 0) is 27.7 Å². The van der Waals surface area contributed by atoms with E-state index in [2.05, 4.69) is 6.58 Å². The van der Waals surface area contributed by atoms with Crippen LogP contribution in [0.5, 0.6) is 0 Å². The highest BCUT2D eigenvalue weighted by atomic mass is 16.9. The Balaban J connectivity index is 1.88. The van der Waals surface area contributed by atoms with Gasteiger partial charge in [0.25, 0.3) is 0 Å². The molecule has 3 heterocycles. The molecule has 5 nitrogen and oxygen atoms in total. The standard InChI is InChI=1S/C12H18O5/c1-6-7-8(15-11(2,3)14-7)9-10(13-6)17-12(4,5)16-9/h7-10H,1H2,2-5H3/t7-,8-,9+,10-/m0/s1. The SMILES string of the molecule is C=C1O[C@H]2OC(C)(C)O[C@@H]2[C@H]2OC(C)(C)O[C@@H]12. The van der Waals surface area contributed by atoms with E-state index in [1.165, 1.54) is 0 Å². The zero-order valence-electron chi connectivity index (χ0n) is 10.6. The molecule has 0 saturated carbocycles. The van der Waals surface area contributed by atoms with E-state index < -0.39 is 17.9 Å². The molecule has 5 heteroatoms. The van der Waals surface area contributed by atoms with Gasteiger partial charge in [0.2, 0.25) is 6.29 Å². The molecule has 17 heavy (non-hydrogen) atoms. The average Bonchev–Trinajstić information content (AvgIpc) is 2.62. The Morgan fingerprint density at radius 2 is 1.47 bits per heavy atom. The van der Waals surface area contributed by atoms with Gasteiger partial charge >= 0.3 is 0 Å². The van der Waals surface area contributed by atoms with Crippen molar-refractivity contribution in [3.63, 3.8) is 0 Å². The molecule has 0 aromatic heterocycles. The van der Waals surface area contributed by atoms with Crippen molar-refractivity contribution in [1.82, 2.24) is 0 Å². The quantitative estimate of drug-likeness (QED) is 0.644. The van der Waals surface area contributed by atoms with Crippen molar-refractivity contribution in [3.8, 4) is 0 Å². The second-order valence-electron chi connectivity index (χ2n) is 5.57. The average molecular weight is 242 g/mol. The first kappa shape index (κ1) is 11.5. The molecule has 3 aliphatic rings. The Morgan fingerprint density at radius 1 is 0.882 bits per heavy atom. The van der Waals surface area contributed by atoms with E-state index >= 15 is 0 Å². The van der Waals surface area contributed by atoms with Gasteiger partial charge in [-0.1, -0.05) is 6.58 Å². The van der Waals surface area contributed by atoms with E-state index in [-0.39, 0.29) is 18.3 Å². The van der Waals surface area contributed by atoms with Crippen molar-refractivity contribution in [3.05, 3.63) is 12.3 Å². The maximum atomic E-state index is 5.86. The van der Waals surface area contributed by atoms with Crippen LogP contribution in [0, 0.1) is 0 Å². The van der Waals surface area contributed by atoms with Crippen LogP contribution in [0.3, 0.4) is 0 Å². The monoisotopic (exact) mass is 242 g/mol. The fourth-order valence-corrected chi connectivity index (χ4v) is 2.57. The Bertz CT molecular complexity index is 362. The number of hydrogen-bond donors (Lipinski definition) is 0. The molecule has 4 atom stereocenters. The van der Waals surface area contributed by atoms with Crippen molar-refractivity contribution in [2.24, 2.45) is 0 Å². The number of rotatable bonds is 0. The maximum Gasteiger partial charge on any atom is 0.231 e. The van der Waals surface area contributed by atoms with Crippen molar-refractivity contribution in [2.45, 2.75) is 63.9 Å². The first-order valence-corrected chi connectivity index (χ1v) is 5.84. The molecule has 0 spiro atoms. The van der Waals surface area contributed by atoms with Crippen LogP contribution in [-0.2, 0) is 23.7 Å². The summed E-state index contributed by atoms with van der Waals surface area (Å²) in [7, 11) is 0. The molecule has 3 aliphatic heterocycles. The maximum absolute atomic E-state index is 5.86. The van der Waals surface area contributed by atoms with Crippen LogP contribution in [0.15, 0.2) is 12.3 Å². The Morgan fingerprint density at radius 3 is 2.18 bits per heavy atom. The third-order valence-electron chi connectivity index (χ3n) is 3.13. The molecule has 0 N–H and O–H groups in total. The lowest BCUT2D eigenvalue weighted by Crippen LogP contribution is -2.48. The van der Waals surface area contributed by atoms with E-state index in [0.717, 1.165) is 0 Å². The minimum absolute atomic E-state index is 0.224. The van der Waals surface area contributed by atoms with Crippen LogP contribution >= 0.6 is 0 Å². The van der Waals surface area contributed by atoms with Gasteiger partial charge in [0, 0.05) is 0 Å². The molecule has 0 aliphatic carbocycles. The highest BCUT2D eigenvalue weighted by molar-refractivity contribution is 5.10. The van der Waals surface area contributed by atoms with Crippen molar-refractivity contribution >= 4 is 0 Å². The first-order chi connectivity index (χ1) is 7.77. The Kier molecular flexibility index (Phi) is 2.18. The lowest BCUT2D eigenvalue weighted by molar-refractivity contribution is -0.187. The van der Waals surface area contributed by atoms with Crippen LogP contribution in [0.4, 0.5) is 0 Å². The smallest absolute Gasteiger partial charge is 0.231 e. The van der Waals surface area contributed by atoms with Crippen LogP contribution in [-0.4, -0.2) is 36.2 Å². The zero-order chi connectivity index (χ0) is 12.4. The third-order valence-corrected chi connectivity index (χ3v) is 3.13. The van der Waals surface area contributed by atoms with E-state index in [9.17, 15) is 0 Å². The minimum atomic E-state index is -0.666. The third kappa shape index (κ3) is 1.78. The fraction of sp³-hybridized carbons (Fsp3) is 0.833. The summed E-state index contributed by atoms with van der Waals surface area (Å²) in [4.78, 5) is 0. The van der Waals surface area contributed by atoms with Gasteiger partial charge in [-0.25, -0.2) is 0 Å². The molecular weight excluding hydrogens is 224 g/mol. The first-order valence-electron chi connectivity index (χ1n) is 5.84. The van der Waals surface area contributed by atoms with Gasteiger partial charge in [-0.2, -0.15) is 0 Å². The molecule has 3 fully saturated rings. The Labute approximate surface area is 101 Å². The molecule has 96 valence electrons. The predicted molar refractivity (Wildman–Crippen MR) is 57.9 cm³/mol. The molecule has 0 bridgehead atoms. The van der Waals surface area contributed by atoms with Gasteiger partial charge in [-0.3, -0.25) is 0 Å². The molecule has 0 amide bonds. The molecule has 0 aromatic carbocycles. The predicted octanol–water partition coefficient (Wildman–Crippen LogP) is 1.53. The molecular formula is C12H18O5. The summed E-state index contributed by atoms with van der Waals surface area (Å²) in [5.74, 6) is -0.768. The molecule has 3 saturated heterocycles. The van der Waals surface area contributed by atoms with Gasteiger partial charge in [-0.15, -0.1) is 0 Å². The van der Waals surface area contributed by atoms with E-state index in [0.29, 0.717) is 5.76 Å². The normalized spacial score (nSPS) is 46.2. The van der Waals surface area contributed by atoms with Crippen molar-refractivity contribution in [2.75, 3.05) is 0 Å². The summed E-state index contributed by atoms with van der Waals surface area (Å²) < 4.78 is 28.7. The number of hydrogen-bond acceptors (Lipinski definition) is 5. The van der Waals surface area contributed by atoms with Crippen LogP contribution in [0.2, 0.25) is 0 Å². The zero-order valence-corrected chi connectivity index (χ0v) is 10.6. The van der Waals surface area contributed by atoms with E-state index in [4.69, 9.17) is 23.7 Å². The summed E-state index contributed by atoms with van der Waals surface area (Å²) in [6.07, 6.45) is -1.25. The lowest BCUT2D eigenvalue weighted by atomic mass is 10.0. The lowest BCUT2D eigenvalue weighted by Gasteiger charge is -2.32. The fourth-order valence-electron chi connectivity index (χ4n) is 2.57. The van der Waals surface area contributed by atoms with Crippen LogP contribution < -0.4 is 0 Å². The molecule has 0 radical (unpaired) electrons. The summed E-state index contributed by atoms with van der Waals surface area (Å²) in [6, 6.07) is 0. The minimum Gasteiger partial charge on any atom is -0.464 e. The second-order valence-corrected chi connectivity index (χ2v) is 5.57. The van der Waals surface area contributed by atoms with Crippen LogP contribution in [0.1, 0.15) is 27.7 Å². The van der Waals surface area contributed by atoms with Gasteiger partial charge in [0.15, 0.2) is 17.7 Å². The number of ether oxygens (including phenoxy) is 5. The molecule has 3 rings (SSSR count). The molecule has 0 unspecified atom stereocenters.